The lowest BCUT2D eigenvalue weighted by Gasteiger charge is -2.17. The van der Waals surface area contributed by atoms with Crippen LogP contribution in [0.2, 0.25) is 0 Å². The third-order valence-corrected chi connectivity index (χ3v) is 6.25. The maximum Gasteiger partial charge on any atom is 0.305 e. The first-order valence-corrected chi connectivity index (χ1v) is 11.2. The molecule has 0 atom stereocenters. The number of halogens is 1. The molecule has 0 aromatic heterocycles. The molecule has 2 aromatic rings. The third-order valence-electron chi connectivity index (χ3n) is 4.80. The van der Waals surface area contributed by atoms with E-state index in [0.29, 0.717) is 11.3 Å². The summed E-state index contributed by atoms with van der Waals surface area (Å²) in [5, 5.41) is 16.3. The molecule has 176 valence electrons. The molecule has 1 saturated heterocycles. The SMILES string of the molecule is CC(=O)O.O=C(O)CCN1C(=O)/C(=C2/C(=O)N(Cc3ccc(F)cc3)c3ccccc32)SC1=S. The Balaban J connectivity index is 0.000000751. The topological polar surface area (TPSA) is 115 Å². The first-order valence-electron chi connectivity index (χ1n) is 9.95. The minimum absolute atomic E-state index is 0.0497. The Morgan fingerprint density at radius 1 is 1.00 bits per heavy atom. The minimum atomic E-state index is -1.04. The smallest absolute Gasteiger partial charge is 0.305 e. The summed E-state index contributed by atoms with van der Waals surface area (Å²) in [7, 11) is 0. The number of nitrogens with zero attached hydrogens (tertiary/aromatic N) is 2. The van der Waals surface area contributed by atoms with Gasteiger partial charge in [-0.1, -0.05) is 54.3 Å². The van der Waals surface area contributed by atoms with Crippen LogP contribution in [0.1, 0.15) is 24.5 Å². The molecular formula is C23H19FN2O6S2. The average Bonchev–Trinajstić information content (AvgIpc) is 3.20. The summed E-state index contributed by atoms with van der Waals surface area (Å²) in [6, 6.07) is 13.0. The number of amides is 2. The molecule has 1 fully saturated rings. The minimum Gasteiger partial charge on any atom is -0.481 e. The number of aliphatic carboxylic acids is 2. The maximum absolute atomic E-state index is 13.3. The number of carboxylic acid groups (broad SMARTS) is 2. The Bertz CT molecular complexity index is 1210. The van der Waals surface area contributed by atoms with Crippen molar-refractivity contribution < 1.29 is 33.8 Å². The maximum atomic E-state index is 13.3. The Morgan fingerprint density at radius 3 is 2.24 bits per heavy atom. The van der Waals surface area contributed by atoms with Gasteiger partial charge in [-0.15, -0.1) is 0 Å². The van der Waals surface area contributed by atoms with E-state index in [0.717, 1.165) is 24.2 Å². The number of hydrogen-bond donors (Lipinski definition) is 2. The van der Waals surface area contributed by atoms with Crippen molar-refractivity contribution in [1.82, 2.24) is 4.90 Å². The van der Waals surface area contributed by atoms with E-state index in [2.05, 4.69) is 0 Å². The molecule has 2 heterocycles. The van der Waals surface area contributed by atoms with Crippen LogP contribution < -0.4 is 4.90 Å². The van der Waals surface area contributed by atoms with Gasteiger partial charge in [0.1, 0.15) is 10.1 Å². The second-order valence-corrected chi connectivity index (χ2v) is 8.87. The standard InChI is InChI=1S/C21H15FN2O4S2.C2H4O2/c22-13-7-5-12(6-8-13)11-24-15-4-2-1-3-14(15)17(19(24)27)18-20(28)23(21(29)30-18)10-9-16(25)26;1-2(3)4/h1-8H,9-11H2,(H,25,26);1H3,(H,3,4)/b18-17-;. The van der Waals surface area contributed by atoms with E-state index >= 15 is 0 Å². The van der Waals surface area contributed by atoms with Gasteiger partial charge in [0.15, 0.2) is 0 Å². The predicted molar refractivity (Wildman–Crippen MR) is 128 cm³/mol. The molecule has 2 aromatic carbocycles. The van der Waals surface area contributed by atoms with Crippen molar-refractivity contribution in [3.8, 4) is 0 Å². The zero-order valence-corrected chi connectivity index (χ0v) is 19.5. The molecule has 2 aliphatic heterocycles. The number of carboxylic acids is 2. The lowest BCUT2D eigenvalue weighted by Crippen LogP contribution is -2.31. The van der Waals surface area contributed by atoms with Crippen molar-refractivity contribution in [2.75, 3.05) is 11.4 Å². The molecule has 0 bridgehead atoms. The van der Waals surface area contributed by atoms with Crippen molar-refractivity contribution >= 4 is 63.3 Å². The summed E-state index contributed by atoms with van der Waals surface area (Å²) < 4.78 is 13.5. The molecule has 2 amide bonds. The normalized spacial score (nSPS) is 16.9. The largest absolute Gasteiger partial charge is 0.481 e. The molecule has 0 radical (unpaired) electrons. The number of thioether (sulfide) groups is 1. The summed E-state index contributed by atoms with van der Waals surface area (Å²) in [4.78, 5) is 49.1. The van der Waals surface area contributed by atoms with E-state index in [1.54, 1.807) is 41.3 Å². The summed E-state index contributed by atoms with van der Waals surface area (Å²) in [5.41, 5.74) is 2.26. The van der Waals surface area contributed by atoms with Crippen molar-refractivity contribution in [1.29, 1.82) is 0 Å². The Hall–Kier alpha value is -3.57. The molecule has 2 aliphatic rings. The number of thiocarbonyl (C=S) groups is 1. The van der Waals surface area contributed by atoms with Crippen molar-refractivity contribution in [2.45, 2.75) is 19.9 Å². The third kappa shape index (κ3) is 5.49. The Kier molecular flexibility index (Phi) is 7.79. The summed E-state index contributed by atoms with van der Waals surface area (Å²) >= 11 is 6.25. The molecule has 11 heteroatoms. The molecule has 34 heavy (non-hydrogen) atoms. The van der Waals surface area contributed by atoms with Gasteiger partial charge in [0.2, 0.25) is 0 Å². The van der Waals surface area contributed by atoms with Crippen molar-refractivity contribution in [3.63, 3.8) is 0 Å². The fraction of sp³-hybridized carbons (Fsp3) is 0.174. The molecule has 0 aliphatic carbocycles. The fourth-order valence-electron chi connectivity index (χ4n) is 3.38. The van der Waals surface area contributed by atoms with E-state index in [4.69, 9.17) is 27.2 Å². The van der Waals surface area contributed by atoms with E-state index in [1.165, 1.54) is 17.0 Å². The number of benzene rings is 2. The quantitative estimate of drug-likeness (QED) is 0.472. The predicted octanol–water partition coefficient (Wildman–Crippen LogP) is 3.51. The monoisotopic (exact) mass is 502 g/mol. The molecule has 8 nitrogen and oxygen atoms in total. The van der Waals surface area contributed by atoms with Crippen molar-refractivity contribution in [3.05, 3.63) is 70.4 Å². The van der Waals surface area contributed by atoms with Gasteiger partial charge in [-0.25, -0.2) is 4.39 Å². The van der Waals surface area contributed by atoms with Crippen LogP contribution in [-0.2, 0) is 25.7 Å². The van der Waals surface area contributed by atoms with Gasteiger partial charge >= 0.3 is 5.97 Å². The van der Waals surface area contributed by atoms with Gasteiger partial charge in [-0.05, 0) is 23.8 Å². The number of fused-ring (bicyclic) bond motifs is 1. The molecule has 0 unspecified atom stereocenters. The highest BCUT2D eigenvalue weighted by Crippen LogP contribution is 2.45. The lowest BCUT2D eigenvalue weighted by molar-refractivity contribution is -0.137. The Morgan fingerprint density at radius 2 is 1.62 bits per heavy atom. The summed E-state index contributed by atoms with van der Waals surface area (Å²) in [6.45, 7) is 1.25. The van der Waals surface area contributed by atoms with Crippen LogP contribution in [0.5, 0.6) is 0 Å². The van der Waals surface area contributed by atoms with Gasteiger partial charge in [0, 0.05) is 19.0 Å². The number of carbonyl (C=O) groups is 4. The van der Waals surface area contributed by atoms with Gasteiger partial charge in [0.25, 0.3) is 17.8 Å². The molecular weight excluding hydrogens is 483 g/mol. The zero-order chi connectivity index (χ0) is 25.0. The fourth-order valence-corrected chi connectivity index (χ4v) is 4.76. The van der Waals surface area contributed by atoms with Gasteiger partial charge in [-0.3, -0.25) is 24.1 Å². The number of rotatable bonds is 5. The molecule has 0 saturated carbocycles. The lowest BCUT2D eigenvalue weighted by atomic mass is 10.1. The van der Waals surface area contributed by atoms with Crippen LogP contribution in [0.4, 0.5) is 10.1 Å². The number of carbonyl (C=O) groups excluding carboxylic acids is 2. The average molecular weight is 503 g/mol. The van der Waals surface area contributed by atoms with Gasteiger partial charge in [-0.2, -0.15) is 0 Å². The van der Waals surface area contributed by atoms with E-state index in [1.807, 2.05) is 0 Å². The second kappa shape index (κ2) is 10.6. The zero-order valence-electron chi connectivity index (χ0n) is 17.9. The highest BCUT2D eigenvalue weighted by Gasteiger charge is 2.41. The van der Waals surface area contributed by atoms with Crippen molar-refractivity contribution in [2.24, 2.45) is 0 Å². The van der Waals surface area contributed by atoms with E-state index in [9.17, 15) is 18.8 Å². The highest BCUT2D eigenvalue weighted by molar-refractivity contribution is 8.26. The summed E-state index contributed by atoms with van der Waals surface area (Å²) in [6.07, 6.45) is -0.240. The first kappa shape index (κ1) is 25.1. The number of hydrogen-bond acceptors (Lipinski definition) is 6. The Labute approximate surface area is 203 Å². The van der Waals surface area contributed by atoms with Gasteiger partial charge < -0.3 is 15.1 Å². The van der Waals surface area contributed by atoms with E-state index < -0.39 is 17.8 Å². The number of para-hydroxylation sites is 1. The van der Waals surface area contributed by atoms with Crippen LogP contribution in [0, 0.1) is 5.82 Å². The number of anilines is 1. The van der Waals surface area contributed by atoms with Crippen LogP contribution in [0.3, 0.4) is 0 Å². The van der Waals surface area contributed by atoms with Crippen LogP contribution in [-0.4, -0.2) is 49.7 Å². The van der Waals surface area contributed by atoms with Crippen LogP contribution >= 0.6 is 24.0 Å². The summed E-state index contributed by atoms with van der Waals surface area (Å²) in [5.74, 6) is -3.05. The second-order valence-electron chi connectivity index (χ2n) is 7.23. The van der Waals surface area contributed by atoms with E-state index in [-0.39, 0.29) is 46.0 Å². The van der Waals surface area contributed by atoms with Crippen LogP contribution in [0.15, 0.2) is 53.4 Å². The highest BCUT2D eigenvalue weighted by atomic mass is 32.2. The molecule has 0 spiro atoms. The molecule has 4 rings (SSSR count). The van der Waals surface area contributed by atoms with Crippen LogP contribution in [0.25, 0.3) is 5.57 Å². The van der Waals surface area contributed by atoms with Gasteiger partial charge in [0.05, 0.1) is 29.1 Å². The first-order chi connectivity index (χ1) is 16.1. The molecule has 2 N–H and O–H groups in total.